The summed E-state index contributed by atoms with van der Waals surface area (Å²) < 4.78 is 0. The third-order valence-electron chi connectivity index (χ3n) is 1.50. The van der Waals surface area contributed by atoms with Gasteiger partial charge in [-0.3, -0.25) is 0 Å². The van der Waals surface area contributed by atoms with Crippen LogP contribution in [0.25, 0.3) is 0 Å². The summed E-state index contributed by atoms with van der Waals surface area (Å²) in [6.45, 7) is 5.40. The van der Waals surface area contributed by atoms with Crippen molar-refractivity contribution in [1.82, 2.24) is 0 Å². The standard InChI is InChI=1S/C7H17N3O.2ClH/c1-3-11-10-6(2)7(4-8)5-9;;/h7H,3-5,8-9H2,1-2H3;2*1H. The third kappa shape index (κ3) is 8.30. The molecule has 0 aliphatic carbocycles. The van der Waals surface area contributed by atoms with Gasteiger partial charge in [0, 0.05) is 19.0 Å². The van der Waals surface area contributed by atoms with Gasteiger partial charge in [-0.1, -0.05) is 5.16 Å². The molecule has 0 fully saturated rings. The SMILES string of the molecule is CCON=C(C)C(CN)CN.Cl.Cl. The first-order valence-corrected chi connectivity index (χ1v) is 3.82. The lowest BCUT2D eigenvalue weighted by molar-refractivity contribution is 0.157. The van der Waals surface area contributed by atoms with Crippen LogP contribution in [0.4, 0.5) is 0 Å². The molecule has 0 aromatic heterocycles. The summed E-state index contributed by atoms with van der Waals surface area (Å²) >= 11 is 0. The first-order chi connectivity index (χ1) is 5.26. The molecule has 0 aromatic rings. The van der Waals surface area contributed by atoms with E-state index in [2.05, 4.69) is 5.16 Å². The Bertz CT molecular complexity index is 129. The average Bonchev–Trinajstić information content (AvgIpc) is 2.03. The van der Waals surface area contributed by atoms with Crippen LogP contribution in [0, 0.1) is 5.92 Å². The van der Waals surface area contributed by atoms with Gasteiger partial charge in [-0.25, -0.2) is 0 Å². The lowest BCUT2D eigenvalue weighted by Gasteiger charge is -2.10. The molecule has 0 heterocycles. The van der Waals surface area contributed by atoms with Crippen molar-refractivity contribution in [2.75, 3.05) is 19.7 Å². The van der Waals surface area contributed by atoms with E-state index < -0.39 is 0 Å². The van der Waals surface area contributed by atoms with E-state index in [4.69, 9.17) is 16.3 Å². The maximum absolute atomic E-state index is 5.44. The van der Waals surface area contributed by atoms with Crippen molar-refractivity contribution < 1.29 is 4.84 Å². The van der Waals surface area contributed by atoms with Crippen molar-refractivity contribution >= 4 is 30.5 Å². The lowest BCUT2D eigenvalue weighted by Crippen LogP contribution is -2.29. The van der Waals surface area contributed by atoms with Gasteiger partial charge in [-0.2, -0.15) is 0 Å². The van der Waals surface area contributed by atoms with E-state index in [1.54, 1.807) is 0 Å². The van der Waals surface area contributed by atoms with Gasteiger partial charge in [-0.15, -0.1) is 24.8 Å². The maximum atomic E-state index is 5.44. The molecule has 0 aliphatic heterocycles. The topological polar surface area (TPSA) is 73.6 Å². The highest BCUT2D eigenvalue weighted by atomic mass is 35.5. The normalized spacial score (nSPS) is 10.4. The second kappa shape index (κ2) is 12.0. The Morgan fingerprint density at radius 1 is 1.31 bits per heavy atom. The van der Waals surface area contributed by atoms with Gasteiger partial charge in [0.15, 0.2) is 0 Å². The summed E-state index contributed by atoms with van der Waals surface area (Å²) in [4.78, 5) is 4.86. The summed E-state index contributed by atoms with van der Waals surface area (Å²) in [7, 11) is 0. The summed E-state index contributed by atoms with van der Waals surface area (Å²) in [5.74, 6) is 0.154. The maximum Gasteiger partial charge on any atom is 0.114 e. The summed E-state index contributed by atoms with van der Waals surface area (Å²) in [5, 5.41) is 3.84. The van der Waals surface area contributed by atoms with Gasteiger partial charge >= 0.3 is 0 Å². The van der Waals surface area contributed by atoms with Crippen molar-refractivity contribution in [2.24, 2.45) is 22.5 Å². The lowest BCUT2D eigenvalue weighted by atomic mass is 10.1. The molecule has 0 bridgehead atoms. The molecule has 4 nitrogen and oxygen atoms in total. The second-order valence-electron chi connectivity index (χ2n) is 2.32. The number of nitrogens with zero attached hydrogens (tertiary/aromatic N) is 1. The molecule has 82 valence electrons. The number of hydrogen-bond acceptors (Lipinski definition) is 4. The molecule has 0 aliphatic rings. The predicted molar refractivity (Wildman–Crippen MR) is 60.8 cm³/mol. The van der Waals surface area contributed by atoms with Crippen LogP contribution in [-0.4, -0.2) is 25.4 Å². The molecule has 13 heavy (non-hydrogen) atoms. The molecule has 4 N–H and O–H groups in total. The Labute approximate surface area is 91.9 Å². The van der Waals surface area contributed by atoms with E-state index in [-0.39, 0.29) is 30.7 Å². The Kier molecular flexibility index (Phi) is 17.2. The number of rotatable bonds is 5. The van der Waals surface area contributed by atoms with Gasteiger partial charge < -0.3 is 16.3 Å². The van der Waals surface area contributed by atoms with Gasteiger partial charge in [0.1, 0.15) is 6.61 Å². The largest absolute Gasteiger partial charge is 0.396 e. The van der Waals surface area contributed by atoms with Crippen molar-refractivity contribution in [3.8, 4) is 0 Å². The van der Waals surface area contributed by atoms with Crippen LogP contribution in [0.1, 0.15) is 13.8 Å². The van der Waals surface area contributed by atoms with E-state index in [1.807, 2.05) is 13.8 Å². The molecule has 0 spiro atoms. The molecule has 0 saturated heterocycles. The smallest absolute Gasteiger partial charge is 0.114 e. The Balaban J connectivity index is -0.000000500. The molecule has 0 saturated carbocycles. The molecule has 6 heteroatoms. The van der Waals surface area contributed by atoms with Crippen LogP contribution in [0.2, 0.25) is 0 Å². The van der Waals surface area contributed by atoms with E-state index in [0.29, 0.717) is 19.7 Å². The first-order valence-electron chi connectivity index (χ1n) is 3.82. The quantitative estimate of drug-likeness (QED) is 0.543. The monoisotopic (exact) mass is 231 g/mol. The zero-order valence-electron chi connectivity index (χ0n) is 8.03. The van der Waals surface area contributed by atoms with E-state index >= 15 is 0 Å². The van der Waals surface area contributed by atoms with Gasteiger partial charge in [0.2, 0.25) is 0 Å². The fourth-order valence-corrected chi connectivity index (χ4v) is 0.678. The van der Waals surface area contributed by atoms with Crippen molar-refractivity contribution in [3.63, 3.8) is 0 Å². The van der Waals surface area contributed by atoms with Gasteiger partial charge in [0.25, 0.3) is 0 Å². The molecular formula is C7H19Cl2N3O. The van der Waals surface area contributed by atoms with Crippen molar-refractivity contribution in [3.05, 3.63) is 0 Å². The highest BCUT2D eigenvalue weighted by Gasteiger charge is 2.07. The van der Waals surface area contributed by atoms with Crippen LogP contribution >= 0.6 is 24.8 Å². The molecule has 0 amide bonds. The second-order valence-corrected chi connectivity index (χ2v) is 2.32. The van der Waals surface area contributed by atoms with Crippen LogP contribution < -0.4 is 11.5 Å². The zero-order valence-corrected chi connectivity index (χ0v) is 9.66. The van der Waals surface area contributed by atoms with Crippen LogP contribution in [0.15, 0.2) is 5.16 Å². The zero-order chi connectivity index (χ0) is 8.69. The highest BCUT2D eigenvalue weighted by molar-refractivity contribution is 5.85. The van der Waals surface area contributed by atoms with Crippen LogP contribution in [-0.2, 0) is 4.84 Å². The van der Waals surface area contributed by atoms with Gasteiger partial charge in [-0.05, 0) is 13.8 Å². The fourth-order valence-electron chi connectivity index (χ4n) is 0.678. The third-order valence-corrected chi connectivity index (χ3v) is 1.50. The molecular weight excluding hydrogens is 213 g/mol. The summed E-state index contributed by atoms with van der Waals surface area (Å²) in [6.07, 6.45) is 0. The van der Waals surface area contributed by atoms with E-state index in [9.17, 15) is 0 Å². The Morgan fingerprint density at radius 2 is 1.77 bits per heavy atom. The van der Waals surface area contributed by atoms with Crippen LogP contribution in [0.5, 0.6) is 0 Å². The average molecular weight is 232 g/mol. The van der Waals surface area contributed by atoms with Gasteiger partial charge in [0.05, 0.1) is 5.71 Å². The van der Waals surface area contributed by atoms with E-state index in [1.165, 1.54) is 0 Å². The Hall–Kier alpha value is -0.0300. The summed E-state index contributed by atoms with van der Waals surface area (Å²) in [5.41, 5.74) is 11.8. The number of oxime groups is 1. The number of halogens is 2. The van der Waals surface area contributed by atoms with Crippen molar-refractivity contribution in [1.29, 1.82) is 0 Å². The molecule has 0 unspecified atom stereocenters. The minimum Gasteiger partial charge on any atom is -0.396 e. The molecule has 0 radical (unpaired) electrons. The molecule has 0 atom stereocenters. The minimum atomic E-state index is 0. The first kappa shape index (κ1) is 18.7. The van der Waals surface area contributed by atoms with E-state index in [0.717, 1.165) is 5.71 Å². The predicted octanol–water partition coefficient (Wildman–Crippen LogP) is 0.776. The number of nitrogens with two attached hydrogens (primary N) is 2. The van der Waals surface area contributed by atoms with Crippen LogP contribution in [0.3, 0.4) is 0 Å². The number of hydrogen-bond donors (Lipinski definition) is 2. The Morgan fingerprint density at radius 3 is 2.08 bits per heavy atom. The molecule has 0 aromatic carbocycles. The fraction of sp³-hybridized carbons (Fsp3) is 0.857. The minimum absolute atomic E-state index is 0. The van der Waals surface area contributed by atoms with Crippen molar-refractivity contribution in [2.45, 2.75) is 13.8 Å². The molecule has 0 rings (SSSR count). The summed E-state index contributed by atoms with van der Waals surface area (Å²) in [6, 6.07) is 0. The highest BCUT2D eigenvalue weighted by Crippen LogP contribution is 1.95.